The maximum absolute atomic E-state index is 12.0. The number of nitrogens with zero attached hydrogens (tertiary/aromatic N) is 2. The lowest BCUT2D eigenvalue weighted by atomic mass is 10.0. The Hall–Kier alpha value is -2.36. The summed E-state index contributed by atoms with van der Waals surface area (Å²) in [6.07, 6.45) is 2.80. The number of pyridine rings is 1. The van der Waals surface area contributed by atoms with Gasteiger partial charge in [0.1, 0.15) is 0 Å². The molecule has 0 aliphatic carbocycles. The molecule has 0 fully saturated rings. The molecule has 0 saturated heterocycles. The van der Waals surface area contributed by atoms with Crippen molar-refractivity contribution in [3.8, 4) is 11.1 Å². The van der Waals surface area contributed by atoms with E-state index in [-0.39, 0.29) is 11.5 Å². The molecule has 114 valence electrons. The summed E-state index contributed by atoms with van der Waals surface area (Å²) in [5, 5.41) is 0. The van der Waals surface area contributed by atoms with Gasteiger partial charge in [-0.3, -0.25) is 9.59 Å². The van der Waals surface area contributed by atoms with Crippen molar-refractivity contribution in [2.45, 2.75) is 33.7 Å². The first-order valence-corrected chi connectivity index (χ1v) is 7.63. The average molecular weight is 296 g/mol. The molecule has 0 atom stereocenters. The first-order valence-electron chi connectivity index (χ1n) is 7.63. The van der Waals surface area contributed by atoms with Gasteiger partial charge in [0, 0.05) is 37.5 Å². The lowest BCUT2D eigenvalue weighted by Crippen LogP contribution is -2.25. The van der Waals surface area contributed by atoms with Crippen LogP contribution in [0.1, 0.15) is 25.0 Å². The first-order chi connectivity index (χ1) is 10.5. The summed E-state index contributed by atoms with van der Waals surface area (Å²) in [6.45, 7) is 6.84. The van der Waals surface area contributed by atoms with E-state index in [2.05, 4.69) is 6.07 Å². The number of benzene rings is 1. The fourth-order valence-electron chi connectivity index (χ4n) is 3.09. The minimum absolute atomic E-state index is 0.0650. The summed E-state index contributed by atoms with van der Waals surface area (Å²) in [4.78, 5) is 25.4. The number of carbonyl (C=O) groups is 1. The number of hydrogen-bond donors (Lipinski definition) is 0. The Morgan fingerprint density at radius 2 is 2.00 bits per heavy atom. The summed E-state index contributed by atoms with van der Waals surface area (Å²) in [5.74, 6) is 0.0851. The SMILES string of the molecule is CCn1cc(-c2ccc3c(c2)CCN3C(C)=O)cc(C)c1=O. The predicted molar refractivity (Wildman–Crippen MR) is 88.3 cm³/mol. The summed E-state index contributed by atoms with van der Waals surface area (Å²) in [5.41, 5.74) is 5.16. The Morgan fingerprint density at radius 1 is 1.23 bits per heavy atom. The average Bonchev–Trinajstić information content (AvgIpc) is 2.93. The highest BCUT2D eigenvalue weighted by Gasteiger charge is 2.22. The molecule has 4 nitrogen and oxygen atoms in total. The van der Waals surface area contributed by atoms with Gasteiger partial charge in [-0.15, -0.1) is 0 Å². The van der Waals surface area contributed by atoms with Crippen molar-refractivity contribution < 1.29 is 4.79 Å². The number of amides is 1. The minimum Gasteiger partial charge on any atom is -0.315 e. The second-order valence-electron chi connectivity index (χ2n) is 5.77. The Kier molecular flexibility index (Phi) is 3.61. The first kappa shape index (κ1) is 14.6. The molecule has 22 heavy (non-hydrogen) atoms. The third-order valence-corrected chi connectivity index (χ3v) is 4.29. The van der Waals surface area contributed by atoms with Crippen molar-refractivity contribution in [1.82, 2.24) is 4.57 Å². The van der Waals surface area contributed by atoms with Crippen molar-refractivity contribution in [2.75, 3.05) is 11.4 Å². The monoisotopic (exact) mass is 296 g/mol. The molecule has 1 aliphatic heterocycles. The van der Waals surface area contributed by atoms with Crippen LogP contribution < -0.4 is 10.5 Å². The van der Waals surface area contributed by atoms with E-state index < -0.39 is 0 Å². The third-order valence-electron chi connectivity index (χ3n) is 4.29. The zero-order valence-electron chi connectivity index (χ0n) is 13.2. The zero-order valence-corrected chi connectivity index (χ0v) is 13.2. The summed E-state index contributed by atoms with van der Waals surface area (Å²) in [7, 11) is 0. The standard InChI is InChI=1S/C18H20N2O2/c1-4-19-11-16(9-12(2)18(19)22)14-5-6-17-15(10-14)7-8-20(17)13(3)21/h5-6,9-11H,4,7-8H2,1-3H3. The maximum Gasteiger partial charge on any atom is 0.253 e. The highest BCUT2D eigenvalue weighted by molar-refractivity contribution is 5.94. The van der Waals surface area contributed by atoms with Crippen LogP contribution in [-0.4, -0.2) is 17.0 Å². The largest absolute Gasteiger partial charge is 0.315 e. The Bertz CT molecular complexity index is 805. The predicted octanol–water partition coefficient (Wildman–Crippen LogP) is 2.75. The van der Waals surface area contributed by atoms with Gasteiger partial charge in [0.15, 0.2) is 0 Å². The molecular formula is C18H20N2O2. The molecule has 3 rings (SSSR count). The molecule has 0 radical (unpaired) electrons. The van der Waals surface area contributed by atoms with Crippen LogP contribution in [0.5, 0.6) is 0 Å². The molecule has 0 unspecified atom stereocenters. The molecule has 1 aliphatic rings. The van der Waals surface area contributed by atoms with Crippen LogP contribution in [0.4, 0.5) is 5.69 Å². The molecule has 0 saturated carbocycles. The topological polar surface area (TPSA) is 42.3 Å². The number of aromatic nitrogens is 1. The molecule has 4 heteroatoms. The van der Waals surface area contributed by atoms with Gasteiger partial charge in [0.2, 0.25) is 5.91 Å². The lowest BCUT2D eigenvalue weighted by Gasteiger charge is -2.15. The van der Waals surface area contributed by atoms with E-state index in [0.717, 1.165) is 35.3 Å². The summed E-state index contributed by atoms with van der Waals surface area (Å²) < 4.78 is 1.74. The molecular weight excluding hydrogens is 276 g/mol. The number of rotatable bonds is 2. The summed E-state index contributed by atoms with van der Waals surface area (Å²) >= 11 is 0. The number of anilines is 1. The fraction of sp³-hybridized carbons (Fsp3) is 0.333. The van der Waals surface area contributed by atoms with Crippen LogP contribution in [0.25, 0.3) is 11.1 Å². The van der Waals surface area contributed by atoms with Crippen LogP contribution in [0.15, 0.2) is 35.3 Å². The molecule has 2 aromatic rings. The van der Waals surface area contributed by atoms with Crippen LogP contribution >= 0.6 is 0 Å². The molecule has 1 aromatic carbocycles. The Labute approximate surface area is 130 Å². The molecule has 1 aromatic heterocycles. The van der Waals surface area contributed by atoms with Gasteiger partial charge in [-0.25, -0.2) is 0 Å². The highest BCUT2D eigenvalue weighted by atomic mass is 16.2. The second kappa shape index (κ2) is 5.44. The van der Waals surface area contributed by atoms with Crippen molar-refractivity contribution in [2.24, 2.45) is 0 Å². The van der Waals surface area contributed by atoms with Crippen LogP contribution in [0.2, 0.25) is 0 Å². The summed E-state index contributed by atoms with van der Waals surface area (Å²) in [6, 6.07) is 8.11. The lowest BCUT2D eigenvalue weighted by molar-refractivity contribution is -0.116. The van der Waals surface area contributed by atoms with Gasteiger partial charge in [0.05, 0.1) is 0 Å². The van der Waals surface area contributed by atoms with Crippen LogP contribution in [0.3, 0.4) is 0 Å². The van der Waals surface area contributed by atoms with E-state index >= 15 is 0 Å². The third kappa shape index (κ3) is 2.34. The van der Waals surface area contributed by atoms with Crippen LogP contribution in [0, 0.1) is 6.92 Å². The molecule has 0 spiro atoms. The van der Waals surface area contributed by atoms with E-state index in [9.17, 15) is 9.59 Å². The van der Waals surface area contributed by atoms with Crippen molar-refractivity contribution in [1.29, 1.82) is 0 Å². The van der Waals surface area contributed by atoms with Crippen molar-refractivity contribution in [3.63, 3.8) is 0 Å². The van der Waals surface area contributed by atoms with Crippen molar-refractivity contribution >= 4 is 11.6 Å². The molecule has 0 N–H and O–H groups in total. The van der Waals surface area contributed by atoms with E-state index in [0.29, 0.717) is 6.54 Å². The van der Waals surface area contributed by atoms with Gasteiger partial charge in [-0.1, -0.05) is 6.07 Å². The van der Waals surface area contributed by atoms with Gasteiger partial charge in [-0.2, -0.15) is 0 Å². The Balaban J connectivity index is 2.06. The van der Waals surface area contributed by atoms with Gasteiger partial charge >= 0.3 is 0 Å². The molecule has 1 amide bonds. The minimum atomic E-state index is 0.0650. The number of hydrogen-bond acceptors (Lipinski definition) is 2. The van der Waals surface area contributed by atoms with E-state index in [1.165, 1.54) is 5.56 Å². The van der Waals surface area contributed by atoms with E-state index in [1.54, 1.807) is 11.5 Å². The van der Waals surface area contributed by atoms with Gasteiger partial charge < -0.3 is 9.47 Å². The van der Waals surface area contributed by atoms with Crippen molar-refractivity contribution in [3.05, 3.63) is 51.9 Å². The molecule has 2 heterocycles. The molecule has 0 bridgehead atoms. The van der Waals surface area contributed by atoms with E-state index in [1.807, 2.05) is 43.1 Å². The number of aryl methyl sites for hydroxylation is 2. The highest BCUT2D eigenvalue weighted by Crippen LogP contribution is 2.32. The van der Waals surface area contributed by atoms with E-state index in [4.69, 9.17) is 0 Å². The zero-order chi connectivity index (χ0) is 15.9. The van der Waals surface area contributed by atoms with Crippen LogP contribution in [-0.2, 0) is 17.8 Å². The number of carbonyl (C=O) groups excluding carboxylic acids is 1. The maximum atomic E-state index is 12.0. The smallest absolute Gasteiger partial charge is 0.253 e. The normalized spacial score (nSPS) is 13.3. The quantitative estimate of drug-likeness (QED) is 0.855. The Morgan fingerprint density at radius 3 is 2.68 bits per heavy atom. The fourth-order valence-corrected chi connectivity index (χ4v) is 3.09. The van der Waals surface area contributed by atoms with Gasteiger partial charge in [0.25, 0.3) is 5.56 Å². The number of fused-ring (bicyclic) bond motifs is 1. The van der Waals surface area contributed by atoms with Gasteiger partial charge in [-0.05, 0) is 55.2 Å². The second-order valence-corrected chi connectivity index (χ2v) is 5.77.